The normalized spacial score (nSPS) is 12.4. The van der Waals surface area contributed by atoms with Gasteiger partial charge in [-0.2, -0.15) is 4.99 Å². The molecule has 0 saturated carbocycles. The number of aromatic nitrogens is 1. The predicted octanol–water partition coefficient (Wildman–Crippen LogP) is 2.96. The van der Waals surface area contributed by atoms with Crippen molar-refractivity contribution in [1.82, 2.24) is 4.57 Å². The van der Waals surface area contributed by atoms with E-state index in [4.69, 9.17) is 0 Å². The van der Waals surface area contributed by atoms with E-state index in [9.17, 15) is 13.2 Å². The van der Waals surface area contributed by atoms with Crippen LogP contribution in [-0.4, -0.2) is 25.1 Å². The summed E-state index contributed by atoms with van der Waals surface area (Å²) in [5, 5.41) is 0. The second kappa shape index (κ2) is 7.39. The maximum absolute atomic E-state index is 12.3. The Bertz CT molecular complexity index is 1140. The molecular formula is C19H18N2O3S2. The van der Waals surface area contributed by atoms with Crippen molar-refractivity contribution in [2.75, 3.05) is 6.26 Å². The number of rotatable bonds is 5. The molecule has 2 aromatic carbocycles. The standard InChI is InChI=1S/C19H18N2O3S2/c1-3-11-21-16-10-9-15(26(2,23)24)13-17(16)25-19(21)20-18(22)12-14-7-5-4-6-8-14/h3-10,13H,1,11-12H2,2H3. The number of hydrogen-bond acceptors (Lipinski definition) is 4. The molecular weight excluding hydrogens is 368 g/mol. The summed E-state index contributed by atoms with van der Waals surface area (Å²) >= 11 is 1.30. The van der Waals surface area contributed by atoms with E-state index >= 15 is 0 Å². The van der Waals surface area contributed by atoms with Gasteiger partial charge in [0.2, 0.25) is 0 Å². The molecule has 0 radical (unpaired) electrons. The van der Waals surface area contributed by atoms with Crippen LogP contribution in [-0.2, 0) is 27.6 Å². The van der Waals surface area contributed by atoms with Crippen molar-refractivity contribution < 1.29 is 13.2 Å². The molecule has 134 valence electrons. The van der Waals surface area contributed by atoms with Crippen LogP contribution < -0.4 is 4.80 Å². The molecule has 0 fully saturated rings. The third-order valence-electron chi connectivity index (χ3n) is 3.81. The molecule has 0 aliphatic heterocycles. The fourth-order valence-electron chi connectivity index (χ4n) is 2.59. The Balaban J connectivity index is 2.07. The number of sulfone groups is 1. The van der Waals surface area contributed by atoms with Crippen LogP contribution in [0.4, 0.5) is 0 Å². The van der Waals surface area contributed by atoms with Crippen molar-refractivity contribution in [2.24, 2.45) is 4.99 Å². The van der Waals surface area contributed by atoms with E-state index in [2.05, 4.69) is 11.6 Å². The second-order valence-electron chi connectivity index (χ2n) is 5.85. The van der Waals surface area contributed by atoms with E-state index in [1.165, 1.54) is 17.6 Å². The fourth-order valence-corrected chi connectivity index (χ4v) is 4.41. The lowest BCUT2D eigenvalue weighted by atomic mass is 10.1. The highest BCUT2D eigenvalue weighted by molar-refractivity contribution is 7.90. The number of benzene rings is 2. The third-order valence-corrected chi connectivity index (χ3v) is 5.96. The van der Waals surface area contributed by atoms with E-state index in [-0.39, 0.29) is 17.2 Å². The van der Waals surface area contributed by atoms with E-state index < -0.39 is 9.84 Å². The molecule has 0 N–H and O–H groups in total. The molecule has 0 atom stereocenters. The molecule has 1 aromatic heterocycles. The van der Waals surface area contributed by atoms with Gasteiger partial charge in [0.25, 0.3) is 5.91 Å². The lowest BCUT2D eigenvalue weighted by Gasteiger charge is -2.02. The average molecular weight is 386 g/mol. The Morgan fingerprint density at radius 2 is 1.96 bits per heavy atom. The molecule has 5 nitrogen and oxygen atoms in total. The van der Waals surface area contributed by atoms with Gasteiger partial charge in [-0.3, -0.25) is 4.79 Å². The molecule has 0 aliphatic rings. The van der Waals surface area contributed by atoms with Crippen molar-refractivity contribution in [3.63, 3.8) is 0 Å². The fraction of sp³-hybridized carbons (Fsp3) is 0.158. The highest BCUT2D eigenvalue weighted by Gasteiger charge is 2.12. The molecule has 3 rings (SSSR count). The topological polar surface area (TPSA) is 68.5 Å². The first kappa shape index (κ1) is 18.3. The Kier molecular flexibility index (Phi) is 5.20. The summed E-state index contributed by atoms with van der Waals surface area (Å²) in [6.45, 7) is 4.23. The summed E-state index contributed by atoms with van der Waals surface area (Å²) in [6, 6.07) is 14.4. The maximum atomic E-state index is 12.3. The van der Waals surface area contributed by atoms with Gasteiger partial charge in [-0.05, 0) is 23.8 Å². The summed E-state index contributed by atoms with van der Waals surface area (Å²) in [5.41, 5.74) is 1.73. The summed E-state index contributed by atoms with van der Waals surface area (Å²) in [6.07, 6.45) is 3.11. The first-order chi connectivity index (χ1) is 12.4. The zero-order valence-electron chi connectivity index (χ0n) is 14.3. The van der Waals surface area contributed by atoms with Crippen LogP contribution in [0.1, 0.15) is 5.56 Å². The van der Waals surface area contributed by atoms with Crippen LogP contribution in [0.5, 0.6) is 0 Å². The van der Waals surface area contributed by atoms with Crippen LogP contribution in [0.3, 0.4) is 0 Å². The average Bonchev–Trinajstić information content (AvgIpc) is 2.92. The number of carbonyl (C=O) groups excluding carboxylic acids is 1. The van der Waals surface area contributed by atoms with Crippen LogP contribution in [0.15, 0.2) is 71.1 Å². The van der Waals surface area contributed by atoms with Crippen molar-refractivity contribution in [1.29, 1.82) is 0 Å². The van der Waals surface area contributed by atoms with Crippen molar-refractivity contribution >= 4 is 37.3 Å². The number of amides is 1. The lowest BCUT2D eigenvalue weighted by molar-refractivity contribution is -0.117. The summed E-state index contributed by atoms with van der Waals surface area (Å²) < 4.78 is 26.2. The molecule has 0 saturated heterocycles. The summed E-state index contributed by atoms with van der Waals surface area (Å²) in [5.74, 6) is -0.246. The van der Waals surface area contributed by atoms with Gasteiger partial charge in [-0.25, -0.2) is 8.42 Å². The highest BCUT2D eigenvalue weighted by Crippen LogP contribution is 2.22. The number of thiazole rings is 1. The van der Waals surface area contributed by atoms with E-state index in [0.717, 1.165) is 15.8 Å². The van der Waals surface area contributed by atoms with Gasteiger partial charge < -0.3 is 4.57 Å². The molecule has 0 spiro atoms. The first-order valence-electron chi connectivity index (χ1n) is 7.94. The lowest BCUT2D eigenvalue weighted by Crippen LogP contribution is -2.16. The van der Waals surface area contributed by atoms with Gasteiger partial charge in [-0.15, -0.1) is 6.58 Å². The van der Waals surface area contributed by atoms with E-state index in [0.29, 0.717) is 11.3 Å². The second-order valence-corrected chi connectivity index (χ2v) is 8.88. The van der Waals surface area contributed by atoms with Crippen molar-refractivity contribution in [3.05, 3.63) is 71.6 Å². The zero-order valence-corrected chi connectivity index (χ0v) is 15.9. The largest absolute Gasteiger partial charge is 0.313 e. The Hall–Kier alpha value is -2.51. The molecule has 3 aromatic rings. The number of nitrogens with zero attached hydrogens (tertiary/aromatic N) is 2. The minimum absolute atomic E-state index is 0.220. The van der Waals surface area contributed by atoms with Crippen molar-refractivity contribution in [2.45, 2.75) is 17.9 Å². The summed E-state index contributed by atoms with van der Waals surface area (Å²) in [4.78, 5) is 17.4. The molecule has 1 heterocycles. The number of fused-ring (bicyclic) bond motifs is 1. The number of carbonyl (C=O) groups is 1. The predicted molar refractivity (Wildman–Crippen MR) is 104 cm³/mol. The highest BCUT2D eigenvalue weighted by atomic mass is 32.2. The zero-order chi connectivity index (χ0) is 18.7. The van der Waals surface area contributed by atoms with Crippen LogP contribution in [0, 0.1) is 0 Å². The number of allylic oxidation sites excluding steroid dienone is 1. The van der Waals surface area contributed by atoms with Gasteiger partial charge in [0.05, 0.1) is 21.5 Å². The summed E-state index contributed by atoms with van der Waals surface area (Å²) in [7, 11) is -3.29. The molecule has 7 heteroatoms. The maximum Gasteiger partial charge on any atom is 0.252 e. The minimum Gasteiger partial charge on any atom is -0.313 e. The SMILES string of the molecule is C=CCn1c(=NC(=O)Cc2ccccc2)sc2cc(S(C)(=O)=O)ccc21. The Morgan fingerprint density at radius 3 is 2.62 bits per heavy atom. The molecule has 0 aliphatic carbocycles. The third kappa shape index (κ3) is 4.00. The molecule has 0 bridgehead atoms. The monoisotopic (exact) mass is 386 g/mol. The quantitative estimate of drug-likeness (QED) is 0.633. The molecule has 26 heavy (non-hydrogen) atoms. The van der Waals surface area contributed by atoms with Crippen LogP contribution in [0.2, 0.25) is 0 Å². The van der Waals surface area contributed by atoms with E-state index in [1.807, 2.05) is 34.9 Å². The Morgan fingerprint density at radius 1 is 1.23 bits per heavy atom. The van der Waals surface area contributed by atoms with Gasteiger partial charge in [0, 0.05) is 12.8 Å². The first-order valence-corrected chi connectivity index (χ1v) is 10.6. The van der Waals surface area contributed by atoms with Gasteiger partial charge in [-0.1, -0.05) is 47.7 Å². The molecule has 1 amide bonds. The minimum atomic E-state index is -3.29. The van der Waals surface area contributed by atoms with Gasteiger partial charge in [0.15, 0.2) is 14.6 Å². The Labute approximate surface area is 155 Å². The van der Waals surface area contributed by atoms with Crippen molar-refractivity contribution in [3.8, 4) is 0 Å². The smallest absolute Gasteiger partial charge is 0.252 e. The van der Waals surface area contributed by atoms with Crippen LogP contribution >= 0.6 is 11.3 Å². The van der Waals surface area contributed by atoms with E-state index in [1.54, 1.807) is 24.3 Å². The van der Waals surface area contributed by atoms with Gasteiger partial charge >= 0.3 is 0 Å². The van der Waals surface area contributed by atoms with Crippen LogP contribution in [0.25, 0.3) is 10.2 Å². The molecule has 0 unspecified atom stereocenters. The number of hydrogen-bond donors (Lipinski definition) is 0. The van der Waals surface area contributed by atoms with Gasteiger partial charge in [0.1, 0.15) is 0 Å².